The Labute approximate surface area is 57.2 Å². The molecule has 0 radical (unpaired) electrons. The van der Waals surface area contributed by atoms with Crippen LogP contribution < -0.4 is 5.32 Å². The van der Waals surface area contributed by atoms with E-state index in [-0.39, 0.29) is 0 Å². The lowest BCUT2D eigenvalue weighted by atomic mass is 10.4. The van der Waals surface area contributed by atoms with E-state index in [2.05, 4.69) is 11.2 Å². The molecule has 1 rings (SSSR count). The second-order valence-corrected chi connectivity index (χ2v) is 3.16. The summed E-state index contributed by atoms with van der Waals surface area (Å²) in [5, 5.41) is 3.17. The van der Waals surface area contributed by atoms with Gasteiger partial charge in [-0.25, -0.2) is 10.6 Å². The van der Waals surface area contributed by atoms with E-state index >= 15 is 0 Å². The number of nitrogens with zero attached hydrogens (tertiary/aromatic N) is 1. The molecule has 0 aliphatic carbocycles. The maximum Gasteiger partial charge on any atom is 0.00641 e. The second kappa shape index (κ2) is 3.20. The van der Waals surface area contributed by atoms with Crippen LogP contribution >= 0.6 is 0 Å². The Hall–Kier alpha value is -0.0600. The van der Waals surface area contributed by atoms with Crippen LogP contribution in [-0.4, -0.2) is 36.4 Å². The molecule has 9 heavy (non-hydrogen) atoms. The van der Waals surface area contributed by atoms with Gasteiger partial charge in [0.1, 0.15) is 0 Å². The predicted molar refractivity (Wildman–Crippen MR) is 39.6 cm³/mol. The van der Waals surface area contributed by atoms with Crippen molar-refractivity contribution in [2.75, 3.05) is 26.2 Å². The molecule has 54 valence electrons. The summed E-state index contributed by atoms with van der Waals surface area (Å²) in [6.07, 6.45) is 0. The van der Waals surface area contributed by atoms with Crippen LogP contribution in [0.4, 0.5) is 0 Å². The van der Waals surface area contributed by atoms with Crippen LogP contribution in [0.2, 0.25) is 0 Å². The van der Waals surface area contributed by atoms with Crippen molar-refractivity contribution < 1.29 is 4.21 Å². The fraction of sp³-hybridized carbons (Fsp3) is 0.800. The number of hydrogen-bond acceptors (Lipinski definition) is 3. The van der Waals surface area contributed by atoms with Crippen LogP contribution in [0.25, 0.3) is 0 Å². The first-order chi connectivity index (χ1) is 4.30. The number of rotatable bonds is 1. The maximum absolute atomic E-state index is 10.7. The minimum absolute atomic E-state index is 0.857. The predicted octanol–water partition coefficient (Wildman–Crippen LogP) is -0.798. The molecule has 0 unspecified atom stereocenters. The summed E-state index contributed by atoms with van der Waals surface area (Å²) in [5.74, 6) is 3.43. The van der Waals surface area contributed by atoms with Gasteiger partial charge >= 0.3 is 0 Å². The monoisotopic (exact) mass is 147 g/mol. The normalized spacial score (nSPS) is 22.8. The summed E-state index contributed by atoms with van der Waals surface area (Å²) in [6, 6.07) is 0. The summed E-state index contributed by atoms with van der Waals surface area (Å²) >= 11 is 0. The van der Waals surface area contributed by atoms with Gasteiger partial charge in [-0.3, -0.25) is 0 Å². The minimum Gasteiger partial charge on any atom is -0.448 e. The van der Waals surface area contributed by atoms with Crippen LogP contribution in [-0.2, 0) is 14.8 Å². The lowest BCUT2D eigenvalue weighted by molar-refractivity contribution is 0.381. The lowest BCUT2D eigenvalue weighted by Crippen LogP contribution is -2.42. The Balaban J connectivity index is 2.40. The molecule has 0 aromatic carbocycles. The van der Waals surface area contributed by atoms with Crippen molar-refractivity contribution in [3.05, 3.63) is 0 Å². The maximum atomic E-state index is 10.7. The van der Waals surface area contributed by atoms with E-state index in [1.165, 1.54) is 0 Å². The number of piperazine rings is 1. The number of hydrogen-bond donors (Lipinski definition) is 1. The zero-order valence-electron chi connectivity index (χ0n) is 5.30. The van der Waals surface area contributed by atoms with Gasteiger partial charge in [-0.05, 0) is 13.1 Å². The van der Waals surface area contributed by atoms with Gasteiger partial charge in [-0.1, -0.05) is 0 Å². The molecule has 3 nitrogen and oxygen atoms in total. The second-order valence-electron chi connectivity index (χ2n) is 2.00. The molecule has 0 spiro atoms. The van der Waals surface area contributed by atoms with Gasteiger partial charge < -0.3 is 13.8 Å². The molecule has 0 saturated carbocycles. The average Bonchev–Trinajstić information content (AvgIpc) is 1.90. The third-order valence-corrected chi connectivity index (χ3v) is 2.31. The quantitative estimate of drug-likeness (QED) is 0.389. The highest BCUT2D eigenvalue weighted by atomic mass is 32.2. The summed E-state index contributed by atoms with van der Waals surface area (Å²) < 4.78 is 12.6. The smallest absolute Gasteiger partial charge is 0.00641 e. The first-order valence-electron chi connectivity index (χ1n) is 2.98. The van der Waals surface area contributed by atoms with Crippen LogP contribution in [0.15, 0.2) is 0 Å². The van der Waals surface area contributed by atoms with Gasteiger partial charge in [0.25, 0.3) is 0 Å². The molecule has 0 atom stereocenters. The van der Waals surface area contributed by atoms with Crippen molar-refractivity contribution >= 4 is 16.4 Å². The highest BCUT2D eigenvalue weighted by molar-refractivity contribution is 7.80. The van der Waals surface area contributed by atoms with E-state index in [9.17, 15) is 4.21 Å². The first-order valence-corrected chi connectivity index (χ1v) is 4.25. The Morgan fingerprint density at radius 2 is 2.00 bits per heavy atom. The highest BCUT2D eigenvalue weighted by Crippen LogP contribution is 1.89. The van der Waals surface area contributed by atoms with Gasteiger partial charge in [-0.2, -0.15) is 5.87 Å². The third-order valence-electron chi connectivity index (χ3n) is 1.36. The van der Waals surface area contributed by atoms with E-state index in [0.717, 1.165) is 26.2 Å². The van der Waals surface area contributed by atoms with E-state index in [1.54, 1.807) is 0 Å². The molecule has 0 aromatic heterocycles. The van der Waals surface area contributed by atoms with Crippen molar-refractivity contribution in [1.82, 2.24) is 9.62 Å². The molecule has 1 saturated heterocycles. The van der Waals surface area contributed by atoms with E-state index in [0.29, 0.717) is 0 Å². The number of nitrogens with one attached hydrogen (secondary N) is 1. The van der Waals surface area contributed by atoms with Crippen LogP contribution in [0.5, 0.6) is 0 Å². The van der Waals surface area contributed by atoms with E-state index in [1.807, 2.05) is 4.31 Å². The van der Waals surface area contributed by atoms with Crippen molar-refractivity contribution in [3.8, 4) is 0 Å². The Morgan fingerprint density at radius 3 is 2.33 bits per heavy atom. The molecule has 0 aromatic rings. The van der Waals surface area contributed by atoms with Gasteiger partial charge in [0, 0.05) is 13.1 Å². The first kappa shape index (κ1) is 7.05. The SMILES string of the molecule is C=[S-](=O)N1CCNCC1. The molecule has 0 bridgehead atoms. The molecule has 1 aliphatic heterocycles. The van der Waals surface area contributed by atoms with Gasteiger partial charge in [0.2, 0.25) is 0 Å². The van der Waals surface area contributed by atoms with Crippen molar-refractivity contribution in [1.29, 1.82) is 0 Å². The van der Waals surface area contributed by atoms with Crippen LogP contribution in [0.3, 0.4) is 0 Å². The summed E-state index contributed by atoms with van der Waals surface area (Å²) in [4.78, 5) is 0. The highest BCUT2D eigenvalue weighted by Gasteiger charge is 2.00. The summed E-state index contributed by atoms with van der Waals surface area (Å²) in [7, 11) is -1.01. The largest absolute Gasteiger partial charge is 0.448 e. The standard InChI is InChI=1S/C5H11N2OS/c1-9(8)7-4-2-6-3-5-7/h6H,1-5H2/q-1. The van der Waals surface area contributed by atoms with Crippen molar-refractivity contribution in [2.45, 2.75) is 0 Å². The average molecular weight is 147 g/mol. The Morgan fingerprint density at radius 1 is 1.44 bits per heavy atom. The zero-order valence-corrected chi connectivity index (χ0v) is 6.12. The fourth-order valence-corrected chi connectivity index (χ4v) is 1.44. The van der Waals surface area contributed by atoms with Crippen molar-refractivity contribution in [3.63, 3.8) is 0 Å². The molecule has 4 heteroatoms. The zero-order chi connectivity index (χ0) is 6.69. The minimum atomic E-state index is -1.01. The molecule has 1 aliphatic rings. The fourth-order valence-electron chi connectivity index (χ4n) is 0.848. The van der Waals surface area contributed by atoms with Gasteiger partial charge in [-0.15, -0.1) is 0 Å². The molecule has 1 fully saturated rings. The van der Waals surface area contributed by atoms with E-state index < -0.39 is 10.6 Å². The third kappa shape index (κ3) is 1.97. The summed E-state index contributed by atoms with van der Waals surface area (Å²) in [5.41, 5.74) is 0. The lowest BCUT2D eigenvalue weighted by Gasteiger charge is -2.30. The van der Waals surface area contributed by atoms with Crippen LogP contribution in [0, 0.1) is 0 Å². The molecule has 1 heterocycles. The summed E-state index contributed by atoms with van der Waals surface area (Å²) in [6.45, 7) is 3.58. The van der Waals surface area contributed by atoms with Gasteiger partial charge in [0.15, 0.2) is 0 Å². The van der Waals surface area contributed by atoms with E-state index in [4.69, 9.17) is 0 Å². The molecular weight excluding hydrogens is 136 g/mol. The molecular formula is C5H11N2OS-. The molecule has 0 amide bonds. The van der Waals surface area contributed by atoms with Crippen LogP contribution in [0.1, 0.15) is 0 Å². The molecule has 1 N–H and O–H groups in total. The topological polar surface area (TPSA) is 32.3 Å². The Kier molecular flexibility index (Phi) is 2.50. The Bertz CT molecular complexity index is 141. The van der Waals surface area contributed by atoms with Gasteiger partial charge in [0.05, 0.1) is 0 Å². The van der Waals surface area contributed by atoms with Crippen molar-refractivity contribution in [2.24, 2.45) is 0 Å².